The number of unbranched alkanes of at least 4 members (excludes halogenated alkanes) is 16. The van der Waals surface area contributed by atoms with E-state index in [2.05, 4.69) is 24.2 Å². The van der Waals surface area contributed by atoms with Gasteiger partial charge in [-0.3, -0.25) is 14.6 Å². The van der Waals surface area contributed by atoms with Crippen LogP contribution in [0.25, 0.3) is 0 Å². The Morgan fingerprint density at radius 3 is 1.54 bits per heavy atom. The van der Waals surface area contributed by atoms with Crippen molar-refractivity contribution in [1.82, 2.24) is 5.32 Å². The molecule has 0 saturated heterocycles. The highest BCUT2D eigenvalue weighted by molar-refractivity contribution is 5.83. The number of carboxylic acids is 1. The van der Waals surface area contributed by atoms with Crippen LogP contribution in [0.2, 0.25) is 0 Å². The number of guanidine groups is 1. The largest absolute Gasteiger partial charge is 0.480 e. The smallest absolute Gasteiger partial charge is 0.326 e. The number of ether oxygens (including phenoxy) is 1. The highest BCUT2D eigenvalue weighted by Gasteiger charge is 2.19. The number of esters is 1. The van der Waals surface area contributed by atoms with Crippen LogP contribution in [0, 0.1) is 0 Å². The number of carboxylic acid groups (broad SMARTS) is 1. The van der Waals surface area contributed by atoms with Gasteiger partial charge in [0.1, 0.15) is 6.04 Å². The molecule has 0 spiro atoms. The van der Waals surface area contributed by atoms with E-state index in [1.54, 1.807) is 0 Å². The molecule has 242 valence electrons. The first-order valence-electron chi connectivity index (χ1n) is 16.5. The molecule has 9 nitrogen and oxygen atoms in total. The summed E-state index contributed by atoms with van der Waals surface area (Å²) in [7, 11) is 0. The summed E-state index contributed by atoms with van der Waals surface area (Å²) in [5.41, 5.74) is 10.4. The lowest BCUT2D eigenvalue weighted by molar-refractivity contribution is -0.143. The van der Waals surface area contributed by atoms with Crippen molar-refractivity contribution < 1.29 is 24.2 Å². The summed E-state index contributed by atoms with van der Waals surface area (Å²) >= 11 is 0. The van der Waals surface area contributed by atoms with E-state index in [0.717, 1.165) is 25.7 Å². The zero-order valence-electron chi connectivity index (χ0n) is 26.7. The van der Waals surface area contributed by atoms with Gasteiger partial charge in [0.05, 0.1) is 6.61 Å². The molecule has 0 rings (SSSR count). The molecule has 1 unspecified atom stereocenters. The van der Waals surface area contributed by atoms with Crippen LogP contribution in [0.3, 0.4) is 0 Å². The lowest BCUT2D eigenvalue weighted by Gasteiger charge is -2.14. The minimum absolute atomic E-state index is 0.0127. The van der Waals surface area contributed by atoms with Crippen LogP contribution in [0.15, 0.2) is 4.99 Å². The van der Waals surface area contributed by atoms with Crippen LogP contribution in [0.5, 0.6) is 0 Å². The van der Waals surface area contributed by atoms with Crippen molar-refractivity contribution in [2.75, 3.05) is 13.2 Å². The molecule has 0 radical (unpaired) electrons. The zero-order chi connectivity index (χ0) is 31.0. The summed E-state index contributed by atoms with van der Waals surface area (Å²) < 4.78 is 4.87. The number of nitrogens with zero attached hydrogens (tertiary/aromatic N) is 1. The molecular formula is C32H64N4O5. The third-order valence-corrected chi connectivity index (χ3v) is 6.88. The molecule has 0 saturated carbocycles. The minimum Gasteiger partial charge on any atom is -0.480 e. The Kier molecular flexibility index (Phi) is 32.1. The third-order valence-electron chi connectivity index (χ3n) is 6.88. The van der Waals surface area contributed by atoms with Gasteiger partial charge in [0.15, 0.2) is 5.96 Å². The van der Waals surface area contributed by atoms with Gasteiger partial charge in [-0.2, -0.15) is 0 Å². The number of carbonyl (C=O) groups excluding carboxylic acids is 2. The van der Waals surface area contributed by atoms with Crippen LogP contribution in [-0.4, -0.2) is 48.1 Å². The summed E-state index contributed by atoms with van der Waals surface area (Å²) in [6.07, 6.45) is 24.0. The number of aliphatic carboxylic acids is 1. The zero-order valence-corrected chi connectivity index (χ0v) is 26.7. The maximum Gasteiger partial charge on any atom is 0.326 e. The fourth-order valence-corrected chi connectivity index (χ4v) is 4.44. The number of carbonyl (C=O) groups is 3. The van der Waals surface area contributed by atoms with Crippen LogP contribution >= 0.6 is 0 Å². The lowest BCUT2D eigenvalue weighted by Crippen LogP contribution is -2.40. The second kappa shape index (κ2) is 32.2. The second-order valence-corrected chi connectivity index (χ2v) is 10.9. The summed E-state index contributed by atoms with van der Waals surface area (Å²) in [4.78, 5) is 37.9. The molecule has 1 amide bonds. The van der Waals surface area contributed by atoms with E-state index >= 15 is 0 Å². The second-order valence-electron chi connectivity index (χ2n) is 10.9. The van der Waals surface area contributed by atoms with Gasteiger partial charge >= 0.3 is 11.9 Å². The third kappa shape index (κ3) is 33.8. The van der Waals surface area contributed by atoms with Crippen LogP contribution in [0.1, 0.15) is 162 Å². The molecule has 1 atom stereocenters. The first-order valence-corrected chi connectivity index (χ1v) is 16.5. The monoisotopic (exact) mass is 584 g/mol. The highest BCUT2D eigenvalue weighted by Crippen LogP contribution is 2.12. The molecule has 0 bridgehead atoms. The molecule has 0 aliphatic carbocycles. The molecule has 6 N–H and O–H groups in total. The normalized spacial score (nSPS) is 11.2. The Bertz CT molecular complexity index is 654. The number of amides is 1. The minimum atomic E-state index is -1.02. The molecule has 0 aliphatic heterocycles. The molecule has 0 fully saturated rings. The Morgan fingerprint density at radius 2 is 1.12 bits per heavy atom. The lowest BCUT2D eigenvalue weighted by atomic mass is 10.1. The SMILES string of the molecule is CCCCCCCCCCCC(=O)NC(CCCN=C(N)N)C(=O)O.CCCCCCCCCCCC(=O)OCC. The number of rotatable bonds is 27. The van der Waals surface area contributed by atoms with E-state index in [1.165, 1.54) is 89.9 Å². The Balaban J connectivity index is 0. The molecule has 0 aliphatic rings. The molecule has 0 aromatic carbocycles. The predicted octanol–water partition coefficient (Wildman–Crippen LogP) is 7.00. The molecular weight excluding hydrogens is 520 g/mol. The average molecular weight is 585 g/mol. The van der Waals surface area contributed by atoms with Crippen molar-refractivity contribution in [2.24, 2.45) is 16.5 Å². The number of hydrogen-bond donors (Lipinski definition) is 4. The van der Waals surface area contributed by atoms with Gasteiger partial charge in [0.2, 0.25) is 5.91 Å². The Labute approximate surface area is 251 Å². The number of hydrogen-bond acceptors (Lipinski definition) is 5. The van der Waals surface area contributed by atoms with E-state index in [0.29, 0.717) is 38.8 Å². The summed E-state index contributed by atoms with van der Waals surface area (Å²) in [6, 6.07) is -0.875. The van der Waals surface area contributed by atoms with Crippen LogP contribution in [-0.2, 0) is 19.1 Å². The number of nitrogens with one attached hydrogen (secondary N) is 1. The average Bonchev–Trinajstić information content (AvgIpc) is 2.93. The molecule has 41 heavy (non-hydrogen) atoms. The van der Waals surface area contributed by atoms with E-state index in [9.17, 15) is 14.4 Å². The van der Waals surface area contributed by atoms with E-state index in [4.69, 9.17) is 21.3 Å². The van der Waals surface area contributed by atoms with Crippen molar-refractivity contribution >= 4 is 23.8 Å². The fourth-order valence-electron chi connectivity index (χ4n) is 4.44. The number of nitrogens with two attached hydrogens (primary N) is 2. The summed E-state index contributed by atoms with van der Waals surface area (Å²) in [6.45, 7) is 7.18. The van der Waals surface area contributed by atoms with Gasteiger partial charge in [0.25, 0.3) is 0 Å². The van der Waals surface area contributed by atoms with Gasteiger partial charge in [-0.15, -0.1) is 0 Å². The van der Waals surface area contributed by atoms with Gasteiger partial charge in [-0.1, -0.05) is 117 Å². The van der Waals surface area contributed by atoms with Crippen LogP contribution in [0.4, 0.5) is 0 Å². The molecule has 0 heterocycles. The maximum atomic E-state index is 11.9. The number of aliphatic imine (C=N–C) groups is 1. The van der Waals surface area contributed by atoms with Crippen molar-refractivity contribution in [3.63, 3.8) is 0 Å². The molecule has 9 heteroatoms. The summed E-state index contributed by atoms with van der Waals surface area (Å²) in [5.74, 6) is -1.27. The van der Waals surface area contributed by atoms with E-state index in [-0.39, 0.29) is 17.8 Å². The van der Waals surface area contributed by atoms with Gasteiger partial charge in [-0.05, 0) is 32.6 Å². The van der Waals surface area contributed by atoms with E-state index < -0.39 is 12.0 Å². The quantitative estimate of drug-likeness (QED) is 0.0350. The Morgan fingerprint density at radius 1 is 0.683 bits per heavy atom. The van der Waals surface area contributed by atoms with Crippen molar-refractivity contribution in [2.45, 2.75) is 168 Å². The molecule has 0 aromatic heterocycles. The first kappa shape index (κ1) is 40.8. The van der Waals surface area contributed by atoms with Gasteiger partial charge in [0, 0.05) is 19.4 Å². The maximum absolute atomic E-state index is 11.9. The topological polar surface area (TPSA) is 157 Å². The standard InChI is InChI=1S/C18H36N4O3.C14H28O2/c1-2-3-4-5-6-7-8-9-10-13-16(23)22-15(17(24)25)12-11-14-21-18(19)20;1-3-5-6-7-8-9-10-11-12-13-14(15)16-4-2/h15H,2-14H2,1H3,(H,22,23)(H,24,25)(H4,19,20,21);3-13H2,1-2H3. The van der Waals surface area contributed by atoms with E-state index in [1.807, 2.05) is 6.92 Å². The van der Waals surface area contributed by atoms with Gasteiger partial charge in [-0.25, -0.2) is 4.79 Å². The highest BCUT2D eigenvalue weighted by atomic mass is 16.5. The van der Waals surface area contributed by atoms with Gasteiger partial charge < -0.3 is 26.6 Å². The van der Waals surface area contributed by atoms with Crippen LogP contribution < -0.4 is 16.8 Å². The van der Waals surface area contributed by atoms with Crippen molar-refractivity contribution in [3.8, 4) is 0 Å². The fraction of sp³-hybridized carbons (Fsp3) is 0.875. The first-order chi connectivity index (χ1) is 19.8. The summed E-state index contributed by atoms with van der Waals surface area (Å²) in [5, 5.41) is 11.7. The predicted molar refractivity (Wildman–Crippen MR) is 170 cm³/mol. The molecule has 0 aromatic rings. The van der Waals surface area contributed by atoms with Crippen molar-refractivity contribution in [1.29, 1.82) is 0 Å². The Hall–Kier alpha value is -2.32. The van der Waals surface area contributed by atoms with Crippen molar-refractivity contribution in [3.05, 3.63) is 0 Å².